The Morgan fingerprint density at radius 2 is 2.00 bits per heavy atom. The normalized spacial score (nSPS) is 10.2. The molecule has 2 aromatic rings. The molecule has 0 unspecified atom stereocenters. The largest absolute Gasteiger partial charge is 0.465 e. The maximum absolute atomic E-state index is 5.80. The summed E-state index contributed by atoms with van der Waals surface area (Å²) in [6.07, 6.45) is 0. The fourth-order valence-electron chi connectivity index (χ4n) is 1.42. The molecule has 0 aliphatic heterocycles. The SMILES string of the molecule is Cc1ccc(CNc2ccccc2N)o1. The molecule has 0 amide bonds. The van der Waals surface area contributed by atoms with Gasteiger partial charge in [-0.15, -0.1) is 0 Å². The third-order valence-corrected chi connectivity index (χ3v) is 2.21. The van der Waals surface area contributed by atoms with Gasteiger partial charge in [-0.25, -0.2) is 0 Å². The number of nitrogens with two attached hydrogens (primary N) is 1. The molecule has 0 atom stereocenters. The third-order valence-electron chi connectivity index (χ3n) is 2.21. The lowest BCUT2D eigenvalue weighted by molar-refractivity contribution is 0.490. The van der Waals surface area contributed by atoms with Crippen molar-refractivity contribution in [2.45, 2.75) is 13.5 Å². The van der Waals surface area contributed by atoms with Gasteiger partial charge >= 0.3 is 0 Å². The van der Waals surface area contributed by atoms with Crippen molar-refractivity contribution in [3.8, 4) is 0 Å². The molecule has 0 aliphatic carbocycles. The summed E-state index contributed by atoms with van der Waals surface area (Å²) in [5.41, 5.74) is 7.48. The standard InChI is InChI=1S/C12H14N2O/c1-9-6-7-10(15-9)8-14-12-5-3-2-4-11(12)13/h2-7,14H,8,13H2,1H3. The van der Waals surface area contributed by atoms with E-state index in [2.05, 4.69) is 5.32 Å². The molecule has 1 aromatic carbocycles. The molecule has 0 radical (unpaired) electrons. The first-order valence-electron chi connectivity index (χ1n) is 4.89. The number of hydrogen-bond acceptors (Lipinski definition) is 3. The molecular weight excluding hydrogens is 188 g/mol. The molecule has 0 saturated heterocycles. The minimum Gasteiger partial charge on any atom is -0.465 e. The maximum Gasteiger partial charge on any atom is 0.123 e. The lowest BCUT2D eigenvalue weighted by Crippen LogP contribution is -2.01. The smallest absolute Gasteiger partial charge is 0.123 e. The highest BCUT2D eigenvalue weighted by atomic mass is 16.3. The summed E-state index contributed by atoms with van der Waals surface area (Å²) >= 11 is 0. The molecule has 15 heavy (non-hydrogen) atoms. The molecular formula is C12H14N2O. The number of furan rings is 1. The van der Waals surface area contributed by atoms with E-state index in [9.17, 15) is 0 Å². The molecule has 0 aliphatic rings. The van der Waals surface area contributed by atoms with Crippen LogP contribution in [0.1, 0.15) is 11.5 Å². The van der Waals surface area contributed by atoms with Crippen LogP contribution in [0.5, 0.6) is 0 Å². The van der Waals surface area contributed by atoms with Gasteiger partial charge in [0, 0.05) is 0 Å². The van der Waals surface area contributed by atoms with Crippen LogP contribution in [0.2, 0.25) is 0 Å². The van der Waals surface area contributed by atoms with Gasteiger partial charge < -0.3 is 15.5 Å². The molecule has 0 bridgehead atoms. The predicted molar refractivity (Wildman–Crippen MR) is 61.6 cm³/mol. The van der Waals surface area contributed by atoms with Crippen LogP contribution in [0.15, 0.2) is 40.8 Å². The third kappa shape index (κ3) is 2.31. The van der Waals surface area contributed by atoms with Gasteiger partial charge in [-0.2, -0.15) is 0 Å². The second-order valence-electron chi connectivity index (χ2n) is 3.45. The highest BCUT2D eigenvalue weighted by molar-refractivity contribution is 5.65. The van der Waals surface area contributed by atoms with E-state index in [1.807, 2.05) is 43.3 Å². The number of nitrogen functional groups attached to an aromatic ring is 1. The summed E-state index contributed by atoms with van der Waals surface area (Å²) in [7, 11) is 0. The number of benzene rings is 1. The van der Waals surface area contributed by atoms with Crippen molar-refractivity contribution in [2.24, 2.45) is 0 Å². The average molecular weight is 202 g/mol. The van der Waals surface area contributed by atoms with Crippen molar-refractivity contribution in [2.75, 3.05) is 11.1 Å². The minimum atomic E-state index is 0.655. The number of rotatable bonds is 3. The Morgan fingerprint density at radius 1 is 1.20 bits per heavy atom. The lowest BCUT2D eigenvalue weighted by Gasteiger charge is -2.06. The molecule has 1 heterocycles. The summed E-state index contributed by atoms with van der Waals surface area (Å²) < 4.78 is 5.44. The van der Waals surface area contributed by atoms with Crippen LogP contribution in [-0.2, 0) is 6.54 Å². The Morgan fingerprint density at radius 3 is 2.67 bits per heavy atom. The molecule has 1 aromatic heterocycles. The number of aryl methyl sites for hydroxylation is 1. The van der Waals surface area contributed by atoms with E-state index >= 15 is 0 Å². The van der Waals surface area contributed by atoms with Gasteiger partial charge in [-0.1, -0.05) is 12.1 Å². The van der Waals surface area contributed by atoms with Gasteiger partial charge in [-0.3, -0.25) is 0 Å². The van der Waals surface area contributed by atoms with E-state index in [-0.39, 0.29) is 0 Å². The molecule has 0 saturated carbocycles. The zero-order chi connectivity index (χ0) is 10.7. The first-order chi connectivity index (χ1) is 7.25. The fraction of sp³-hybridized carbons (Fsp3) is 0.167. The molecule has 3 nitrogen and oxygen atoms in total. The monoisotopic (exact) mass is 202 g/mol. The topological polar surface area (TPSA) is 51.2 Å². The van der Waals surface area contributed by atoms with Crippen molar-refractivity contribution in [3.05, 3.63) is 47.9 Å². The number of hydrogen-bond donors (Lipinski definition) is 2. The summed E-state index contributed by atoms with van der Waals surface area (Å²) in [6.45, 7) is 2.59. The zero-order valence-corrected chi connectivity index (χ0v) is 8.66. The molecule has 2 rings (SSSR count). The van der Waals surface area contributed by atoms with Gasteiger partial charge in [0.15, 0.2) is 0 Å². The van der Waals surface area contributed by atoms with Crippen molar-refractivity contribution >= 4 is 11.4 Å². The van der Waals surface area contributed by atoms with Crippen LogP contribution in [0.25, 0.3) is 0 Å². The second kappa shape index (κ2) is 4.09. The van der Waals surface area contributed by atoms with E-state index in [1.54, 1.807) is 0 Å². The Balaban J connectivity index is 2.02. The van der Waals surface area contributed by atoms with Crippen LogP contribution in [-0.4, -0.2) is 0 Å². The average Bonchev–Trinajstić information content (AvgIpc) is 2.63. The van der Waals surface area contributed by atoms with E-state index in [0.717, 1.165) is 22.9 Å². The lowest BCUT2D eigenvalue weighted by atomic mass is 10.2. The Kier molecular flexibility index (Phi) is 2.63. The van der Waals surface area contributed by atoms with E-state index in [1.165, 1.54) is 0 Å². The van der Waals surface area contributed by atoms with Gasteiger partial charge in [0.05, 0.1) is 17.9 Å². The Labute approximate surface area is 88.9 Å². The first-order valence-corrected chi connectivity index (χ1v) is 4.89. The van der Waals surface area contributed by atoms with Crippen LogP contribution >= 0.6 is 0 Å². The summed E-state index contributed by atoms with van der Waals surface area (Å²) in [5.74, 6) is 1.84. The van der Waals surface area contributed by atoms with Gasteiger partial charge in [0.25, 0.3) is 0 Å². The van der Waals surface area contributed by atoms with Gasteiger partial charge in [0.2, 0.25) is 0 Å². The van der Waals surface area contributed by atoms with Crippen LogP contribution in [0, 0.1) is 6.92 Å². The molecule has 0 spiro atoms. The van der Waals surface area contributed by atoms with E-state index in [4.69, 9.17) is 10.2 Å². The van der Waals surface area contributed by atoms with Crippen LogP contribution in [0.4, 0.5) is 11.4 Å². The molecule has 78 valence electrons. The van der Waals surface area contributed by atoms with Gasteiger partial charge in [-0.05, 0) is 31.2 Å². The summed E-state index contributed by atoms with van der Waals surface area (Å²) in [4.78, 5) is 0. The maximum atomic E-state index is 5.80. The molecule has 0 fully saturated rings. The van der Waals surface area contributed by atoms with Crippen LogP contribution in [0.3, 0.4) is 0 Å². The predicted octanol–water partition coefficient (Wildman–Crippen LogP) is 2.78. The zero-order valence-electron chi connectivity index (χ0n) is 8.66. The van der Waals surface area contributed by atoms with Gasteiger partial charge in [0.1, 0.15) is 11.5 Å². The molecule has 3 heteroatoms. The fourth-order valence-corrected chi connectivity index (χ4v) is 1.42. The highest BCUT2D eigenvalue weighted by Crippen LogP contribution is 2.18. The quantitative estimate of drug-likeness (QED) is 0.752. The van der Waals surface area contributed by atoms with Crippen molar-refractivity contribution in [3.63, 3.8) is 0 Å². The van der Waals surface area contributed by atoms with Crippen molar-refractivity contribution < 1.29 is 4.42 Å². The second-order valence-corrected chi connectivity index (χ2v) is 3.45. The highest BCUT2D eigenvalue weighted by Gasteiger charge is 2.00. The minimum absolute atomic E-state index is 0.655. The van der Waals surface area contributed by atoms with E-state index < -0.39 is 0 Å². The van der Waals surface area contributed by atoms with Crippen LogP contribution < -0.4 is 11.1 Å². The first kappa shape index (κ1) is 9.65. The summed E-state index contributed by atoms with van der Waals surface area (Å²) in [5, 5.41) is 3.22. The van der Waals surface area contributed by atoms with E-state index in [0.29, 0.717) is 6.54 Å². The Bertz CT molecular complexity index is 448. The Hall–Kier alpha value is -1.90. The van der Waals surface area contributed by atoms with Crippen molar-refractivity contribution in [1.82, 2.24) is 0 Å². The summed E-state index contributed by atoms with van der Waals surface area (Å²) in [6, 6.07) is 11.6. The number of anilines is 2. The number of para-hydroxylation sites is 2. The van der Waals surface area contributed by atoms with Crippen molar-refractivity contribution in [1.29, 1.82) is 0 Å². The molecule has 3 N–H and O–H groups in total. The number of nitrogens with one attached hydrogen (secondary N) is 1.